The quantitative estimate of drug-likeness (QED) is 0.869. The lowest BCUT2D eigenvalue weighted by atomic mass is 10.0. The number of amides is 1. The minimum absolute atomic E-state index is 0. The van der Waals surface area contributed by atoms with Crippen molar-refractivity contribution in [2.75, 3.05) is 18.4 Å². The molecule has 1 atom stereocenters. The van der Waals surface area contributed by atoms with Gasteiger partial charge in [0, 0.05) is 18.2 Å². The number of carbonyl (C=O) groups is 2. The van der Waals surface area contributed by atoms with Crippen LogP contribution in [0.5, 0.6) is 0 Å². The van der Waals surface area contributed by atoms with Crippen LogP contribution < -0.4 is 5.32 Å². The zero-order chi connectivity index (χ0) is 14.5. The molecule has 1 amide bonds. The summed E-state index contributed by atoms with van der Waals surface area (Å²) in [6, 6.07) is 7.08. The Balaban J connectivity index is 0.00000220. The number of nitrogens with one attached hydrogen (secondary N) is 1. The van der Waals surface area contributed by atoms with Gasteiger partial charge in [-0.1, -0.05) is 18.6 Å². The minimum Gasteiger partial charge on any atom is -0.326 e. The molecule has 1 fully saturated rings. The lowest BCUT2D eigenvalue weighted by molar-refractivity contribution is -0.114. The highest BCUT2D eigenvalue weighted by Crippen LogP contribution is 2.17. The van der Waals surface area contributed by atoms with E-state index in [1.54, 1.807) is 18.2 Å². The fourth-order valence-corrected chi connectivity index (χ4v) is 2.67. The normalized spacial score (nSPS) is 16.7. The summed E-state index contributed by atoms with van der Waals surface area (Å²) < 4.78 is 0. The van der Waals surface area contributed by atoms with Crippen molar-refractivity contribution in [1.82, 2.24) is 4.90 Å². The third kappa shape index (κ3) is 4.83. The summed E-state index contributed by atoms with van der Waals surface area (Å²) in [5, 5.41) is 2.71. The van der Waals surface area contributed by atoms with E-state index in [2.05, 4.69) is 10.2 Å². The van der Waals surface area contributed by atoms with Crippen molar-refractivity contribution in [2.45, 2.75) is 39.2 Å². The molecule has 5 heteroatoms. The Kier molecular flexibility index (Phi) is 6.85. The summed E-state index contributed by atoms with van der Waals surface area (Å²) in [6.07, 6.45) is 3.60. The van der Waals surface area contributed by atoms with Gasteiger partial charge in [0.15, 0.2) is 5.78 Å². The number of carbonyl (C=O) groups excluding carboxylic acids is 2. The van der Waals surface area contributed by atoms with Crippen molar-refractivity contribution in [3.05, 3.63) is 29.8 Å². The Hall–Kier alpha value is -1.39. The number of benzene rings is 1. The smallest absolute Gasteiger partial charge is 0.221 e. The molecule has 1 heterocycles. The monoisotopic (exact) mass is 310 g/mol. The number of likely N-dealkylation sites (tertiary alicyclic amines) is 1. The van der Waals surface area contributed by atoms with E-state index in [4.69, 9.17) is 0 Å². The number of ketones is 1. The Morgan fingerprint density at radius 1 is 1.19 bits per heavy atom. The summed E-state index contributed by atoms with van der Waals surface area (Å²) in [5.41, 5.74) is 1.34. The highest BCUT2D eigenvalue weighted by molar-refractivity contribution is 6.01. The molecule has 21 heavy (non-hydrogen) atoms. The average molecular weight is 311 g/mol. The zero-order valence-electron chi connectivity index (χ0n) is 12.6. The third-order valence-corrected chi connectivity index (χ3v) is 3.79. The number of halogens is 1. The first-order valence-corrected chi connectivity index (χ1v) is 7.24. The van der Waals surface area contributed by atoms with E-state index < -0.39 is 0 Å². The van der Waals surface area contributed by atoms with Crippen molar-refractivity contribution in [2.24, 2.45) is 0 Å². The van der Waals surface area contributed by atoms with Gasteiger partial charge in [-0.3, -0.25) is 14.5 Å². The molecule has 2 rings (SSSR count). The van der Waals surface area contributed by atoms with Crippen LogP contribution in [0.15, 0.2) is 24.3 Å². The molecule has 1 saturated heterocycles. The Bertz CT molecular complexity index is 499. The number of rotatable bonds is 4. The summed E-state index contributed by atoms with van der Waals surface area (Å²) in [7, 11) is 0. The molecule has 0 aliphatic carbocycles. The molecular formula is C16H23ClN2O2. The second-order valence-electron chi connectivity index (χ2n) is 5.40. The fraction of sp³-hybridized carbons (Fsp3) is 0.500. The maximum Gasteiger partial charge on any atom is 0.221 e. The van der Waals surface area contributed by atoms with Gasteiger partial charge in [-0.15, -0.1) is 12.4 Å². The molecule has 1 N–H and O–H groups in total. The average Bonchev–Trinajstić information content (AvgIpc) is 2.46. The van der Waals surface area contributed by atoms with Gasteiger partial charge < -0.3 is 5.32 Å². The molecule has 0 saturated carbocycles. The largest absolute Gasteiger partial charge is 0.326 e. The topological polar surface area (TPSA) is 49.4 Å². The second kappa shape index (κ2) is 8.15. The summed E-state index contributed by atoms with van der Waals surface area (Å²) in [5.74, 6) is -0.00206. The number of Topliss-reactive ketones (excluding diaryl/α,β-unsaturated/α-hetero) is 1. The summed E-state index contributed by atoms with van der Waals surface area (Å²) >= 11 is 0. The van der Waals surface area contributed by atoms with E-state index in [0.29, 0.717) is 11.3 Å². The standard InChI is InChI=1S/C16H22N2O2.ClH/c1-12(18-9-4-3-5-10-18)16(20)14-7-6-8-15(11-14)17-13(2)19;/h6-8,11-12H,3-5,9-10H2,1-2H3,(H,17,19);1H. The molecule has 116 valence electrons. The van der Waals surface area contributed by atoms with E-state index in [-0.39, 0.29) is 30.1 Å². The van der Waals surface area contributed by atoms with Gasteiger partial charge in [0.05, 0.1) is 6.04 Å². The lowest BCUT2D eigenvalue weighted by Crippen LogP contribution is -2.42. The maximum atomic E-state index is 12.5. The first-order valence-electron chi connectivity index (χ1n) is 7.24. The first-order chi connectivity index (χ1) is 9.58. The summed E-state index contributed by atoms with van der Waals surface area (Å²) in [4.78, 5) is 25.8. The molecule has 0 aromatic heterocycles. The number of hydrogen-bond acceptors (Lipinski definition) is 3. The zero-order valence-corrected chi connectivity index (χ0v) is 13.4. The van der Waals surface area contributed by atoms with Crippen LogP contribution in [0.1, 0.15) is 43.5 Å². The molecule has 1 aromatic rings. The van der Waals surface area contributed by atoms with Gasteiger partial charge in [0.25, 0.3) is 0 Å². The minimum atomic E-state index is -0.126. The van der Waals surface area contributed by atoms with Crippen molar-refractivity contribution in [3.63, 3.8) is 0 Å². The van der Waals surface area contributed by atoms with Crippen LogP contribution in [0.25, 0.3) is 0 Å². The van der Waals surface area contributed by atoms with Crippen LogP contribution in [-0.2, 0) is 4.79 Å². The molecule has 1 aliphatic rings. The lowest BCUT2D eigenvalue weighted by Gasteiger charge is -2.31. The van der Waals surface area contributed by atoms with Crippen LogP contribution in [0.2, 0.25) is 0 Å². The molecule has 4 nitrogen and oxygen atoms in total. The van der Waals surface area contributed by atoms with E-state index in [1.165, 1.54) is 26.2 Å². The number of piperidine rings is 1. The predicted molar refractivity (Wildman–Crippen MR) is 87.2 cm³/mol. The third-order valence-electron chi connectivity index (χ3n) is 3.79. The SMILES string of the molecule is CC(=O)Nc1cccc(C(=O)C(C)N2CCCCC2)c1.Cl. The van der Waals surface area contributed by atoms with Crippen molar-refractivity contribution >= 4 is 29.8 Å². The van der Waals surface area contributed by atoms with Gasteiger partial charge in [-0.25, -0.2) is 0 Å². The van der Waals surface area contributed by atoms with Crippen LogP contribution in [0, 0.1) is 0 Å². The molecule has 1 aromatic carbocycles. The van der Waals surface area contributed by atoms with Gasteiger partial charge in [0.2, 0.25) is 5.91 Å². The molecule has 0 spiro atoms. The van der Waals surface area contributed by atoms with Crippen molar-refractivity contribution in [1.29, 1.82) is 0 Å². The van der Waals surface area contributed by atoms with E-state index in [1.807, 2.05) is 13.0 Å². The fourth-order valence-electron chi connectivity index (χ4n) is 2.67. The van der Waals surface area contributed by atoms with Crippen LogP contribution in [0.3, 0.4) is 0 Å². The molecule has 0 radical (unpaired) electrons. The van der Waals surface area contributed by atoms with Gasteiger partial charge in [0.1, 0.15) is 0 Å². The van der Waals surface area contributed by atoms with Crippen LogP contribution >= 0.6 is 12.4 Å². The van der Waals surface area contributed by atoms with Crippen molar-refractivity contribution in [3.8, 4) is 0 Å². The van der Waals surface area contributed by atoms with E-state index in [9.17, 15) is 9.59 Å². The number of nitrogens with zero attached hydrogens (tertiary/aromatic N) is 1. The highest BCUT2D eigenvalue weighted by atomic mass is 35.5. The summed E-state index contributed by atoms with van der Waals surface area (Å²) in [6.45, 7) is 5.43. The molecule has 1 aliphatic heterocycles. The van der Waals surface area contributed by atoms with Crippen molar-refractivity contribution < 1.29 is 9.59 Å². The molecule has 0 bridgehead atoms. The van der Waals surface area contributed by atoms with Crippen LogP contribution in [-0.4, -0.2) is 35.7 Å². The maximum absolute atomic E-state index is 12.5. The first kappa shape index (κ1) is 17.7. The Morgan fingerprint density at radius 2 is 1.86 bits per heavy atom. The number of hydrogen-bond donors (Lipinski definition) is 1. The predicted octanol–water partition coefficient (Wildman–Crippen LogP) is 3.12. The Labute approximate surface area is 132 Å². The van der Waals surface area contributed by atoms with Gasteiger partial charge >= 0.3 is 0 Å². The van der Waals surface area contributed by atoms with Gasteiger partial charge in [-0.05, 0) is 45.0 Å². The van der Waals surface area contributed by atoms with E-state index in [0.717, 1.165) is 13.1 Å². The number of anilines is 1. The highest BCUT2D eigenvalue weighted by Gasteiger charge is 2.23. The van der Waals surface area contributed by atoms with Gasteiger partial charge in [-0.2, -0.15) is 0 Å². The molecular weight excluding hydrogens is 288 g/mol. The van der Waals surface area contributed by atoms with Crippen LogP contribution in [0.4, 0.5) is 5.69 Å². The molecule has 1 unspecified atom stereocenters. The van der Waals surface area contributed by atoms with E-state index >= 15 is 0 Å². The second-order valence-corrected chi connectivity index (χ2v) is 5.40. The Morgan fingerprint density at radius 3 is 2.48 bits per heavy atom.